The van der Waals surface area contributed by atoms with E-state index in [4.69, 9.17) is 25.0 Å². The van der Waals surface area contributed by atoms with E-state index in [0.717, 1.165) is 5.56 Å². The van der Waals surface area contributed by atoms with Crippen molar-refractivity contribution in [2.24, 2.45) is 0 Å². The van der Waals surface area contributed by atoms with Gasteiger partial charge in [-0.15, -0.1) is 0 Å². The largest absolute Gasteiger partial charge is 0.480 e. The number of nitrogens with zero attached hydrogens (tertiary/aromatic N) is 7. The van der Waals surface area contributed by atoms with Crippen LogP contribution < -0.4 is 4.72 Å². The van der Waals surface area contributed by atoms with E-state index in [0.29, 0.717) is 40.1 Å². The highest BCUT2D eigenvalue weighted by atomic mass is 32.2. The summed E-state index contributed by atoms with van der Waals surface area (Å²) in [6.07, 6.45) is 6.21. The minimum Gasteiger partial charge on any atom is -0.480 e. The van der Waals surface area contributed by atoms with Gasteiger partial charge in [-0.3, -0.25) is 42.9 Å². The number of amides is 2. The van der Waals surface area contributed by atoms with Gasteiger partial charge in [0.05, 0.1) is 13.1 Å². The van der Waals surface area contributed by atoms with Gasteiger partial charge in [-0.05, 0) is 24.1 Å². The Bertz CT molecular complexity index is 1550. The summed E-state index contributed by atoms with van der Waals surface area (Å²) in [6.45, 7) is -3.56. The van der Waals surface area contributed by atoms with Crippen molar-refractivity contribution in [2.45, 2.75) is 32.6 Å². The van der Waals surface area contributed by atoms with Crippen LogP contribution in [-0.4, -0.2) is 131 Å². The highest BCUT2D eigenvalue weighted by Crippen LogP contribution is 2.14. The Labute approximate surface area is 280 Å². The van der Waals surface area contributed by atoms with Crippen molar-refractivity contribution < 1.29 is 58.0 Å². The van der Waals surface area contributed by atoms with Crippen molar-refractivity contribution in [1.82, 2.24) is 33.8 Å². The quantitative estimate of drug-likeness (QED) is 0.0715. The monoisotopic (exact) mass is 706 g/mol. The molecule has 1 atom stereocenters. The Morgan fingerprint density at radius 3 is 1.47 bits per heavy atom. The molecule has 0 aliphatic heterocycles. The maximum atomic E-state index is 12.9. The number of carbonyl (C=O) groups excluding carboxylic acids is 2. The molecule has 0 aliphatic carbocycles. The van der Waals surface area contributed by atoms with Crippen molar-refractivity contribution in [1.29, 1.82) is 0 Å². The van der Waals surface area contributed by atoms with Crippen LogP contribution >= 0.6 is 0 Å². The van der Waals surface area contributed by atoms with Crippen LogP contribution in [-0.2, 0) is 72.6 Å². The number of anilines is 1. The zero-order valence-electron chi connectivity index (χ0n) is 25.8. The van der Waals surface area contributed by atoms with Crippen LogP contribution in [0.5, 0.6) is 0 Å². The summed E-state index contributed by atoms with van der Waals surface area (Å²) in [6, 6.07) is 6.71. The number of hydrogen-bond acceptors (Lipinski definition) is 10. The Hall–Kier alpha value is -5.67. The summed E-state index contributed by atoms with van der Waals surface area (Å²) in [5, 5.41) is 36.5. The predicted molar refractivity (Wildman–Crippen MR) is 167 cm³/mol. The third kappa shape index (κ3) is 12.8. The van der Waals surface area contributed by atoms with Gasteiger partial charge in [0.2, 0.25) is 11.8 Å². The van der Waals surface area contributed by atoms with E-state index in [2.05, 4.69) is 14.7 Å². The molecule has 3 aromatic rings. The topological polar surface area (TPSA) is 278 Å². The van der Waals surface area contributed by atoms with E-state index >= 15 is 0 Å². The number of carboxylic acid groups (broad SMARTS) is 4. The summed E-state index contributed by atoms with van der Waals surface area (Å²) < 4.78 is 25.3. The molecular formula is C28H34N8O12S. The third-order valence-electron chi connectivity index (χ3n) is 6.83. The van der Waals surface area contributed by atoms with Crippen LogP contribution in [0.1, 0.15) is 17.2 Å². The molecule has 0 radical (unpaired) electrons. The van der Waals surface area contributed by atoms with E-state index < -0.39 is 86.2 Å². The average Bonchev–Trinajstić information content (AvgIpc) is 3.63. The number of imidazole rings is 2. The van der Waals surface area contributed by atoms with Gasteiger partial charge in [0.1, 0.15) is 50.9 Å². The summed E-state index contributed by atoms with van der Waals surface area (Å²) >= 11 is -2.25. The fourth-order valence-corrected chi connectivity index (χ4v) is 4.96. The second kappa shape index (κ2) is 18.0. The van der Waals surface area contributed by atoms with E-state index in [1.54, 1.807) is 24.3 Å². The van der Waals surface area contributed by atoms with Crippen LogP contribution in [0, 0.1) is 0 Å². The van der Waals surface area contributed by atoms with Crippen LogP contribution in [0.15, 0.2) is 49.1 Å². The predicted octanol–water partition coefficient (Wildman–Crippen LogP) is -1.13. The fourth-order valence-electron chi connectivity index (χ4n) is 4.62. The molecular weight excluding hydrogens is 672 g/mol. The lowest BCUT2D eigenvalue weighted by Gasteiger charge is -2.24. The Kier molecular flexibility index (Phi) is 13.9. The summed E-state index contributed by atoms with van der Waals surface area (Å²) in [5.41, 5.74) is 1.26. The van der Waals surface area contributed by atoms with E-state index in [1.165, 1.54) is 33.9 Å². The molecule has 21 heteroatoms. The summed E-state index contributed by atoms with van der Waals surface area (Å²) in [7, 11) is 0. The molecule has 20 nitrogen and oxygen atoms in total. The lowest BCUT2D eigenvalue weighted by molar-refractivity contribution is -0.150. The molecule has 2 amide bonds. The van der Waals surface area contributed by atoms with Gasteiger partial charge in [-0.25, -0.2) is 14.2 Å². The van der Waals surface area contributed by atoms with Crippen molar-refractivity contribution in [3.05, 3.63) is 66.3 Å². The van der Waals surface area contributed by atoms with Crippen molar-refractivity contribution in [2.75, 3.05) is 37.4 Å². The Morgan fingerprint density at radius 2 is 1.10 bits per heavy atom. The first kappa shape index (κ1) is 37.8. The van der Waals surface area contributed by atoms with Gasteiger partial charge >= 0.3 is 23.9 Å². The van der Waals surface area contributed by atoms with Gasteiger partial charge in [-0.1, -0.05) is 12.1 Å². The summed E-state index contributed by atoms with van der Waals surface area (Å²) in [5.74, 6) is -6.37. The molecule has 0 spiro atoms. The van der Waals surface area contributed by atoms with Crippen molar-refractivity contribution >= 4 is 52.6 Å². The molecule has 1 unspecified atom stereocenters. The number of carboxylic acids is 4. The second-order valence-electron chi connectivity index (χ2n) is 10.5. The van der Waals surface area contributed by atoms with Gasteiger partial charge in [0.15, 0.2) is 0 Å². The molecule has 0 saturated heterocycles. The first-order valence-corrected chi connectivity index (χ1v) is 15.4. The molecule has 2 aromatic heterocycles. The van der Waals surface area contributed by atoms with Crippen molar-refractivity contribution in [3.63, 3.8) is 0 Å². The van der Waals surface area contributed by atoms with Crippen molar-refractivity contribution in [3.8, 4) is 0 Å². The molecule has 0 aliphatic rings. The smallest absolute Gasteiger partial charge is 0.323 e. The van der Waals surface area contributed by atoms with Gasteiger partial charge < -0.3 is 39.4 Å². The minimum absolute atomic E-state index is 0.0895. The number of benzene rings is 1. The lowest BCUT2D eigenvalue weighted by Crippen LogP contribution is -2.41. The Morgan fingerprint density at radius 1 is 0.694 bits per heavy atom. The molecule has 1 aromatic carbocycles. The first-order chi connectivity index (χ1) is 23.2. The van der Waals surface area contributed by atoms with Crippen LogP contribution in [0.25, 0.3) is 0 Å². The maximum absolute atomic E-state index is 12.9. The number of rotatable bonds is 21. The number of aromatic nitrogens is 4. The van der Waals surface area contributed by atoms with Crippen LogP contribution in [0.4, 0.5) is 5.69 Å². The summed E-state index contributed by atoms with van der Waals surface area (Å²) in [4.78, 5) is 82.5. The van der Waals surface area contributed by atoms with Gasteiger partial charge in [0.25, 0.3) is 11.3 Å². The van der Waals surface area contributed by atoms with Gasteiger partial charge in [0, 0.05) is 37.0 Å². The molecule has 0 bridgehead atoms. The first-order valence-electron chi connectivity index (χ1n) is 14.3. The van der Waals surface area contributed by atoms with Crippen LogP contribution in [0.2, 0.25) is 0 Å². The fraction of sp³-hybridized carbons (Fsp3) is 0.357. The van der Waals surface area contributed by atoms with E-state index in [9.17, 15) is 33.0 Å². The molecule has 0 fully saturated rings. The highest BCUT2D eigenvalue weighted by Gasteiger charge is 2.23. The number of nitrogens with one attached hydrogen (secondary N) is 1. The normalized spacial score (nSPS) is 11.6. The number of hydrogen-bond donors (Lipinski definition) is 6. The third-order valence-corrected chi connectivity index (χ3v) is 7.24. The molecule has 0 saturated carbocycles. The number of carbonyl (C=O) groups is 6. The average molecular weight is 707 g/mol. The SMILES string of the molecule is O=C(O)CN(CC(=O)O)C(=O)Cn1ccnc1CN(CCc1ccc(NS(=O)O)cc1)Cc1nccn1CC(=O)N(CC(=O)O)CC(=O)O. The zero-order valence-corrected chi connectivity index (χ0v) is 26.6. The number of aliphatic carboxylic acids is 4. The lowest BCUT2D eigenvalue weighted by atomic mass is 10.1. The van der Waals surface area contributed by atoms with Gasteiger partial charge in [-0.2, -0.15) is 0 Å². The molecule has 264 valence electrons. The van der Waals surface area contributed by atoms with Crippen LogP contribution in [0.3, 0.4) is 0 Å². The standard InChI is InChI=1S/C28H34N8O12S/c37-23(35(15-25(39)40)16-26(41)42)13-33-9-6-29-21(33)11-32(8-5-19-1-3-20(4-2-19)31-49(47)48)12-22-30-7-10-34(22)14-24(38)36(17-27(43)44)18-28(45)46/h1-4,6-7,9-10,31H,5,8,11-18H2,(H,39,40)(H,41,42)(H,43,44)(H,45,46)(H,47,48). The molecule has 6 N–H and O–H groups in total. The molecule has 2 heterocycles. The van der Waals surface area contributed by atoms with E-state index in [-0.39, 0.29) is 13.1 Å². The zero-order chi connectivity index (χ0) is 36.1. The maximum Gasteiger partial charge on any atom is 0.323 e. The Balaban J connectivity index is 1.84. The molecule has 3 rings (SSSR count). The van der Waals surface area contributed by atoms with E-state index in [1.807, 2.05) is 4.90 Å². The highest BCUT2D eigenvalue weighted by molar-refractivity contribution is 7.80. The second-order valence-corrected chi connectivity index (χ2v) is 11.2. The minimum atomic E-state index is -2.25. The molecule has 49 heavy (non-hydrogen) atoms.